The van der Waals surface area contributed by atoms with Crippen LogP contribution in [0, 0.1) is 5.21 Å². The van der Waals surface area contributed by atoms with E-state index in [9.17, 15) is 23.2 Å². The van der Waals surface area contributed by atoms with Crippen LogP contribution in [0.15, 0.2) is 61.1 Å². The molecule has 0 unspecified atom stereocenters. The van der Waals surface area contributed by atoms with Gasteiger partial charge >= 0.3 is 6.18 Å². The number of halogens is 3. The summed E-state index contributed by atoms with van der Waals surface area (Å²) < 4.78 is 41.0. The van der Waals surface area contributed by atoms with Crippen LogP contribution in [0.2, 0.25) is 0 Å². The van der Waals surface area contributed by atoms with Crippen molar-refractivity contribution in [2.45, 2.75) is 25.9 Å². The van der Waals surface area contributed by atoms with Crippen molar-refractivity contribution >= 4 is 23.1 Å². The van der Waals surface area contributed by atoms with E-state index in [0.29, 0.717) is 29.1 Å². The summed E-state index contributed by atoms with van der Waals surface area (Å²) in [6.45, 7) is 1.81. The molecule has 2 heterocycles. The number of nitrogens with one attached hydrogen (secondary N) is 1. The molecule has 0 atom stereocenters. The first-order valence-electron chi connectivity index (χ1n) is 9.59. The van der Waals surface area contributed by atoms with Gasteiger partial charge in [-0.15, -0.1) is 0 Å². The van der Waals surface area contributed by atoms with Gasteiger partial charge in [0, 0.05) is 31.1 Å². The standard InChI is InChI=1S/C22H21F3N4O2/c1-3-5-15-7-8-16(14-19(15)22(23,24)25)27-21(30)18-6-4-11-26-20(18)28(2)17-9-12-29(31)13-10-17/h4,6-14H,3,5H2,1-2H3,(H,27,30). The van der Waals surface area contributed by atoms with Crippen molar-refractivity contribution in [3.63, 3.8) is 0 Å². The lowest BCUT2D eigenvalue weighted by molar-refractivity contribution is -0.605. The van der Waals surface area contributed by atoms with Gasteiger partial charge in [-0.1, -0.05) is 19.4 Å². The third-order valence-corrected chi connectivity index (χ3v) is 4.71. The summed E-state index contributed by atoms with van der Waals surface area (Å²) in [6, 6.07) is 10.0. The fourth-order valence-corrected chi connectivity index (χ4v) is 3.20. The highest BCUT2D eigenvalue weighted by Crippen LogP contribution is 2.34. The molecular weight excluding hydrogens is 409 g/mol. The zero-order chi connectivity index (χ0) is 22.6. The van der Waals surface area contributed by atoms with E-state index in [-0.39, 0.29) is 16.8 Å². The summed E-state index contributed by atoms with van der Waals surface area (Å²) >= 11 is 0. The molecule has 1 N–H and O–H groups in total. The Morgan fingerprint density at radius 2 is 1.90 bits per heavy atom. The highest BCUT2D eigenvalue weighted by molar-refractivity contribution is 6.08. The van der Waals surface area contributed by atoms with Crippen molar-refractivity contribution in [2.75, 3.05) is 17.3 Å². The second-order valence-corrected chi connectivity index (χ2v) is 6.92. The van der Waals surface area contributed by atoms with Crippen LogP contribution in [-0.2, 0) is 12.6 Å². The SMILES string of the molecule is CCCc1ccc(NC(=O)c2cccnc2N(C)c2cc[n+]([O-])cc2)cc1C(F)(F)F. The molecule has 0 spiro atoms. The number of aryl methyl sites for hydroxylation is 1. The second kappa shape index (κ2) is 9.03. The molecule has 0 radical (unpaired) electrons. The molecule has 0 saturated heterocycles. The summed E-state index contributed by atoms with van der Waals surface area (Å²) in [5.41, 5.74) is 0.264. The number of alkyl halides is 3. The summed E-state index contributed by atoms with van der Waals surface area (Å²) in [5.74, 6) is -0.302. The number of rotatable bonds is 6. The minimum atomic E-state index is -4.52. The van der Waals surface area contributed by atoms with Gasteiger partial charge in [-0.3, -0.25) is 4.79 Å². The average molecular weight is 430 g/mol. The number of amides is 1. The number of benzene rings is 1. The van der Waals surface area contributed by atoms with Crippen molar-refractivity contribution in [2.24, 2.45) is 0 Å². The Bertz CT molecular complexity index is 1070. The Morgan fingerprint density at radius 1 is 1.19 bits per heavy atom. The van der Waals surface area contributed by atoms with Gasteiger partial charge < -0.3 is 15.4 Å². The fourth-order valence-electron chi connectivity index (χ4n) is 3.20. The first-order valence-corrected chi connectivity index (χ1v) is 9.59. The number of hydrogen-bond donors (Lipinski definition) is 1. The predicted molar refractivity (Wildman–Crippen MR) is 111 cm³/mol. The number of carbonyl (C=O) groups is 1. The first-order chi connectivity index (χ1) is 14.7. The van der Waals surface area contributed by atoms with Crippen molar-refractivity contribution in [3.05, 3.63) is 83.0 Å². The molecule has 3 rings (SSSR count). The van der Waals surface area contributed by atoms with E-state index >= 15 is 0 Å². The molecule has 162 valence electrons. The molecule has 2 aromatic heterocycles. The number of anilines is 3. The van der Waals surface area contributed by atoms with E-state index in [1.165, 1.54) is 36.8 Å². The van der Waals surface area contributed by atoms with Crippen LogP contribution in [0.1, 0.15) is 34.8 Å². The summed E-state index contributed by atoms with van der Waals surface area (Å²) in [6.07, 6.45) is 0.473. The maximum absolute atomic E-state index is 13.4. The van der Waals surface area contributed by atoms with Crippen molar-refractivity contribution in [3.8, 4) is 0 Å². The van der Waals surface area contributed by atoms with E-state index in [2.05, 4.69) is 10.3 Å². The molecule has 0 fully saturated rings. The van der Waals surface area contributed by atoms with Gasteiger partial charge in [0.2, 0.25) is 0 Å². The number of aromatic nitrogens is 2. The van der Waals surface area contributed by atoms with Crippen molar-refractivity contribution in [1.82, 2.24) is 4.98 Å². The molecule has 0 aliphatic rings. The Kier molecular flexibility index (Phi) is 6.43. The van der Waals surface area contributed by atoms with E-state index < -0.39 is 17.6 Å². The Balaban J connectivity index is 1.90. The van der Waals surface area contributed by atoms with Crippen LogP contribution in [0.5, 0.6) is 0 Å². The molecule has 0 saturated carbocycles. The van der Waals surface area contributed by atoms with Crippen molar-refractivity contribution < 1.29 is 22.7 Å². The highest BCUT2D eigenvalue weighted by Gasteiger charge is 2.33. The molecule has 6 nitrogen and oxygen atoms in total. The third-order valence-electron chi connectivity index (χ3n) is 4.71. The normalized spacial score (nSPS) is 11.3. The number of hydrogen-bond acceptors (Lipinski definition) is 4. The lowest BCUT2D eigenvalue weighted by atomic mass is 10.0. The minimum absolute atomic E-state index is 0.0433. The summed E-state index contributed by atoms with van der Waals surface area (Å²) in [7, 11) is 1.67. The maximum Gasteiger partial charge on any atom is 0.416 e. The fraction of sp³-hybridized carbons (Fsp3) is 0.227. The monoisotopic (exact) mass is 430 g/mol. The zero-order valence-corrected chi connectivity index (χ0v) is 17.0. The quantitative estimate of drug-likeness (QED) is 0.454. The Morgan fingerprint density at radius 3 is 2.55 bits per heavy atom. The van der Waals surface area contributed by atoms with Gasteiger partial charge in [0.1, 0.15) is 5.82 Å². The number of nitrogens with zero attached hydrogens (tertiary/aromatic N) is 3. The van der Waals surface area contributed by atoms with Crippen LogP contribution in [0.25, 0.3) is 0 Å². The predicted octanol–water partition coefficient (Wildman–Crippen LogP) is 4.71. The van der Waals surface area contributed by atoms with Crippen LogP contribution in [0.3, 0.4) is 0 Å². The van der Waals surface area contributed by atoms with Crippen LogP contribution >= 0.6 is 0 Å². The summed E-state index contributed by atoms with van der Waals surface area (Å²) in [5, 5.41) is 13.8. The van der Waals surface area contributed by atoms with Gasteiger partial charge in [0.25, 0.3) is 5.91 Å². The number of pyridine rings is 2. The van der Waals surface area contributed by atoms with E-state index in [4.69, 9.17) is 0 Å². The molecule has 3 aromatic rings. The largest absolute Gasteiger partial charge is 0.619 e. The molecule has 0 bridgehead atoms. The van der Waals surface area contributed by atoms with E-state index in [1.54, 1.807) is 37.1 Å². The van der Waals surface area contributed by atoms with Gasteiger partial charge in [-0.05, 0) is 36.2 Å². The molecule has 1 aromatic carbocycles. The minimum Gasteiger partial charge on any atom is -0.619 e. The van der Waals surface area contributed by atoms with Crippen molar-refractivity contribution in [1.29, 1.82) is 0 Å². The molecule has 0 aliphatic heterocycles. The molecule has 9 heteroatoms. The van der Waals surface area contributed by atoms with Gasteiger partial charge in [0.05, 0.1) is 16.8 Å². The average Bonchev–Trinajstić information content (AvgIpc) is 2.74. The zero-order valence-electron chi connectivity index (χ0n) is 17.0. The van der Waals surface area contributed by atoms with Gasteiger partial charge in [-0.25, -0.2) is 4.98 Å². The van der Waals surface area contributed by atoms with Crippen LogP contribution in [-0.4, -0.2) is 17.9 Å². The first kappa shape index (κ1) is 22.1. The Hall–Kier alpha value is -3.62. The molecule has 31 heavy (non-hydrogen) atoms. The molecule has 0 aliphatic carbocycles. The smallest absolute Gasteiger partial charge is 0.416 e. The van der Waals surface area contributed by atoms with E-state index in [0.717, 1.165) is 6.07 Å². The third kappa shape index (κ3) is 5.11. The summed E-state index contributed by atoms with van der Waals surface area (Å²) in [4.78, 5) is 18.7. The number of carbonyl (C=O) groups excluding carboxylic acids is 1. The van der Waals surface area contributed by atoms with Gasteiger partial charge in [-0.2, -0.15) is 17.9 Å². The maximum atomic E-state index is 13.4. The van der Waals surface area contributed by atoms with Crippen LogP contribution in [0.4, 0.5) is 30.4 Å². The highest BCUT2D eigenvalue weighted by atomic mass is 19.4. The molecule has 1 amide bonds. The lowest BCUT2D eigenvalue weighted by Crippen LogP contribution is -2.25. The second-order valence-electron chi connectivity index (χ2n) is 6.92. The Labute approximate surface area is 177 Å². The van der Waals surface area contributed by atoms with Crippen LogP contribution < -0.4 is 14.9 Å². The lowest BCUT2D eigenvalue weighted by Gasteiger charge is -2.20. The topological polar surface area (TPSA) is 72.2 Å². The molecular formula is C22H21F3N4O2. The van der Waals surface area contributed by atoms with E-state index in [1.807, 2.05) is 0 Å². The van der Waals surface area contributed by atoms with Gasteiger partial charge in [0.15, 0.2) is 12.4 Å².